The third-order valence-corrected chi connectivity index (χ3v) is 5.32. The molecule has 9 heteroatoms. The normalized spacial score (nSPS) is 10.8. The van der Waals surface area contributed by atoms with E-state index in [4.69, 9.17) is 16.3 Å². The summed E-state index contributed by atoms with van der Waals surface area (Å²) in [7, 11) is 0. The number of amides is 1. The van der Waals surface area contributed by atoms with Crippen LogP contribution < -0.4 is 15.6 Å². The molecule has 6 nitrogen and oxygen atoms in total. The Balaban J connectivity index is 1.36. The number of carbonyl (C=O) groups excluding carboxylic acids is 1. The van der Waals surface area contributed by atoms with E-state index in [-0.39, 0.29) is 11.5 Å². The van der Waals surface area contributed by atoms with Crippen LogP contribution in [0.4, 0.5) is 0 Å². The number of benzene rings is 1. The van der Waals surface area contributed by atoms with Crippen molar-refractivity contribution in [2.24, 2.45) is 0 Å². The summed E-state index contributed by atoms with van der Waals surface area (Å²) in [5, 5.41) is 5.26. The summed E-state index contributed by atoms with van der Waals surface area (Å²) in [6.07, 6.45) is 1.70. The highest BCUT2D eigenvalue weighted by Crippen LogP contribution is 2.15. The number of nitrogens with zero attached hydrogens (tertiary/aromatic N) is 2. The number of thiazole rings is 1. The number of carbonyl (C=O) groups is 1. The predicted molar refractivity (Wildman–Crippen MR) is 105 cm³/mol. The van der Waals surface area contributed by atoms with Crippen molar-refractivity contribution in [3.05, 3.63) is 63.0 Å². The number of thioether (sulfide) groups is 1. The number of halogens is 1. The lowest BCUT2D eigenvalue weighted by molar-refractivity contribution is -0.118. The SMILES string of the molecule is O=C(CSCc1cc(=O)n2ccsc2n1)NCCOc1ccc(Cl)cc1. The molecule has 0 radical (unpaired) electrons. The van der Waals surface area contributed by atoms with E-state index in [0.717, 1.165) is 0 Å². The molecule has 0 spiro atoms. The molecule has 1 aromatic carbocycles. The van der Waals surface area contributed by atoms with Gasteiger partial charge < -0.3 is 10.1 Å². The maximum Gasteiger partial charge on any atom is 0.258 e. The lowest BCUT2D eigenvalue weighted by Gasteiger charge is -2.08. The number of fused-ring (bicyclic) bond motifs is 1. The second-order valence-corrected chi connectivity index (χ2v) is 7.58. The Labute approximate surface area is 163 Å². The minimum Gasteiger partial charge on any atom is -0.492 e. The first-order valence-corrected chi connectivity index (χ1v) is 10.2. The van der Waals surface area contributed by atoms with Crippen LogP contribution in [0.15, 0.2) is 46.7 Å². The number of aromatic nitrogens is 2. The summed E-state index contributed by atoms with van der Waals surface area (Å²) in [6, 6.07) is 8.56. The second-order valence-electron chi connectivity index (χ2n) is 5.29. The molecule has 2 heterocycles. The average molecular weight is 410 g/mol. The highest BCUT2D eigenvalue weighted by Gasteiger charge is 2.06. The molecule has 0 aliphatic heterocycles. The van der Waals surface area contributed by atoms with Crippen molar-refractivity contribution < 1.29 is 9.53 Å². The van der Waals surface area contributed by atoms with E-state index in [1.807, 2.05) is 5.38 Å². The molecule has 1 amide bonds. The van der Waals surface area contributed by atoms with Crippen LogP contribution in [-0.2, 0) is 10.5 Å². The highest BCUT2D eigenvalue weighted by molar-refractivity contribution is 7.99. The Morgan fingerprint density at radius 2 is 2.15 bits per heavy atom. The molecule has 26 heavy (non-hydrogen) atoms. The predicted octanol–water partition coefficient (Wildman–Crippen LogP) is 2.84. The standard InChI is InChI=1S/C17H16ClN3O3S2/c18-12-1-3-14(4-2-12)24-7-5-19-15(22)11-25-10-13-9-16(23)21-6-8-26-17(21)20-13/h1-4,6,8-9H,5,7,10-11H2,(H,19,22). The van der Waals surface area contributed by atoms with Gasteiger partial charge in [-0.1, -0.05) is 11.6 Å². The Kier molecular flexibility index (Phi) is 6.54. The lowest BCUT2D eigenvalue weighted by Crippen LogP contribution is -2.29. The van der Waals surface area contributed by atoms with E-state index in [9.17, 15) is 9.59 Å². The first kappa shape index (κ1) is 18.8. The number of nitrogens with one attached hydrogen (secondary N) is 1. The average Bonchev–Trinajstić information content (AvgIpc) is 3.09. The lowest BCUT2D eigenvalue weighted by atomic mass is 10.3. The van der Waals surface area contributed by atoms with Gasteiger partial charge >= 0.3 is 0 Å². The number of hydrogen-bond donors (Lipinski definition) is 1. The molecule has 2 aromatic heterocycles. The van der Waals surface area contributed by atoms with Crippen molar-refractivity contribution in [3.63, 3.8) is 0 Å². The van der Waals surface area contributed by atoms with Gasteiger partial charge in [-0.15, -0.1) is 23.1 Å². The number of rotatable bonds is 8. The fourth-order valence-electron chi connectivity index (χ4n) is 2.15. The molecule has 0 atom stereocenters. The van der Waals surface area contributed by atoms with Gasteiger partial charge in [-0.3, -0.25) is 14.0 Å². The molecule has 1 N–H and O–H groups in total. The van der Waals surface area contributed by atoms with E-state index in [1.54, 1.807) is 30.5 Å². The van der Waals surface area contributed by atoms with Crippen LogP contribution in [0.25, 0.3) is 4.96 Å². The molecule has 0 aliphatic rings. The summed E-state index contributed by atoms with van der Waals surface area (Å²) >= 11 is 8.63. The summed E-state index contributed by atoms with van der Waals surface area (Å²) in [5.74, 6) is 1.44. The quantitative estimate of drug-likeness (QED) is 0.579. The van der Waals surface area contributed by atoms with Crippen molar-refractivity contribution in [2.45, 2.75) is 5.75 Å². The summed E-state index contributed by atoms with van der Waals surface area (Å²) in [4.78, 5) is 28.8. The number of ether oxygens (including phenoxy) is 1. The van der Waals surface area contributed by atoms with E-state index in [1.165, 1.54) is 33.6 Å². The molecule has 136 valence electrons. The van der Waals surface area contributed by atoms with Gasteiger partial charge in [0.1, 0.15) is 12.4 Å². The Hall–Kier alpha value is -2.03. The Morgan fingerprint density at radius 1 is 1.35 bits per heavy atom. The topological polar surface area (TPSA) is 72.7 Å². The van der Waals surface area contributed by atoms with Crippen LogP contribution in [0, 0.1) is 0 Å². The van der Waals surface area contributed by atoms with Crippen molar-refractivity contribution in [1.82, 2.24) is 14.7 Å². The monoisotopic (exact) mass is 409 g/mol. The van der Waals surface area contributed by atoms with E-state index in [2.05, 4.69) is 10.3 Å². The molecular weight excluding hydrogens is 394 g/mol. The first-order chi connectivity index (χ1) is 12.6. The summed E-state index contributed by atoms with van der Waals surface area (Å²) in [5.41, 5.74) is 0.581. The molecule has 0 saturated heterocycles. The first-order valence-electron chi connectivity index (χ1n) is 7.80. The van der Waals surface area contributed by atoms with Gasteiger partial charge in [0, 0.05) is 28.4 Å². The van der Waals surface area contributed by atoms with Gasteiger partial charge in [0.15, 0.2) is 4.96 Å². The van der Waals surface area contributed by atoms with E-state index < -0.39 is 0 Å². The minimum atomic E-state index is -0.101. The molecule has 3 rings (SSSR count). The van der Waals surface area contributed by atoms with Gasteiger partial charge in [-0.2, -0.15) is 0 Å². The zero-order valence-corrected chi connectivity index (χ0v) is 16.1. The molecule has 0 unspecified atom stereocenters. The Bertz CT molecular complexity index is 940. The molecule has 0 aliphatic carbocycles. The second kappa shape index (κ2) is 9.07. The van der Waals surface area contributed by atoms with Crippen LogP contribution in [0.5, 0.6) is 5.75 Å². The minimum absolute atomic E-state index is 0.0800. The van der Waals surface area contributed by atoms with Crippen LogP contribution in [-0.4, -0.2) is 34.2 Å². The molecular formula is C17H16ClN3O3S2. The van der Waals surface area contributed by atoms with Crippen LogP contribution in [0.1, 0.15) is 5.69 Å². The largest absolute Gasteiger partial charge is 0.492 e. The summed E-state index contributed by atoms with van der Waals surface area (Å²) < 4.78 is 7.01. The van der Waals surface area contributed by atoms with Gasteiger partial charge in [-0.25, -0.2) is 4.98 Å². The van der Waals surface area contributed by atoms with E-state index in [0.29, 0.717) is 46.1 Å². The van der Waals surface area contributed by atoms with Gasteiger partial charge in [0.05, 0.1) is 18.0 Å². The molecule has 3 aromatic rings. The van der Waals surface area contributed by atoms with Crippen molar-refractivity contribution >= 4 is 45.6 Å². The fourth-order valence-corrected chi connectivity index (χ4v) is 3.76. The van der Waals surface area contributed by atoms with Gasteiger partial charge in [0.2, 0.25) is 5.91 Å². The van der Waals surface area contributed by atoms with Crippen LogP contribution in [0.3, 0.4) is 0 Å². The fraction of sp³-hybridized carbons (Fsp3) is 0.235. The van der Waals surface area contributed by atoms with Crippen molar-refractivity contribution in [3.8, 4) is 5.75 Å². The zero-order valence-electron chi connectivity index (χ0n) is 13.7. The van der Waals surface area contributed by atoms with Crippen LogP contribution in [0.2, 0.25) is 5.02 Å². The highest BCUT2D eigenvalue weighted by atomic mass is 35.5. The number of hydrogen-bond acceptors (Lipinski definition) is 6. The van der Waals surface area contributed by atoms with Gasteiger partial charge in [0.25, 0.3) is 5.56 Å². The maximum atomic E-state index is 11.9. The smallest absolute Gasteiger partial charge is 0.258 e. The molecule has 0 saturated carbocycles. The maximum absolute atomic E-state index is 11.9. The third kappa shape index (κ3) is 5.23. The Morgan fingerprint density at radius 3 is 2.96 bits per heavy atom. The van der Waals surface area contributed by atoms with Crippen molar-refractivity contribution in [1.29, 1.82) is 0 Å². The molecule has 0 fully saturated rings. The van der Waals surface area contributed by atoms with E-state index >= 15 is 0 Å². The molecule has 0 bridgehead atoms. The van der Waals surface area contributed by atoms with Gasteiger partial charge in [-0.05, 0) is 24.3 Å². The van der Waals surface area contributed by atoms with Crippen LogP contribution >= 0.6 is 34.7 Å². The van der Waals surface area contributed by atoms with Crippen molar-refractivity contribution in [2.75, 3.05) is 18.9 Å². The third-order valence-electron chi connectivity index (χ3n) is 3.35. The zero-order chi connectivity index (χ0) is 18.4. The summed E-state index contributed by atoms with van der Waals surface area (Å²) in [6.45, 7) is 0.800.